The summed E-state index contributed by atoms with van der Waals surface area (Å²) < 4.78 is 6.60. The summed E-state index contributed by atoms with van der Waals surface area (Å²) in [4.78, 5) is 0. The van der Waals surface area contributed by atoms with Crippen molar-refractivity contribution in [3.05, 3.63) is 28.2 Å². The van der Waals surface area contributed by atoms with E-state index < -0.39 is 0 Å². The SMILES string of the molecule is CCNCc1ccc(Br)cc1OCC. The van der Waals surface area contributed by atoms with E-state index >= 15 is 0 Å². The first-order valence-corrected chi connectivity index (χ1v) is 5.69. The Kier molecular flexibility index (Phi) is 4.98. The number of ether oxygens (including phenoxy) is 1. The topological polar surface area (TPSA) is 21.3 Å². The molecule has 0 atom stereocenters. The van der Waals surface area contributed by atoms with Gasteiger partial charge < -0.3 is 10.1 Å². The fraction of sp³-hybridized carbons (Fsp3) is 0.455. The highest BCUT2D eigenvalue weighted by Gasteiger charge is 2.02. The Balaban J connectivity index is 2.78. The molecule has 1 N–H and O–H groups in total. The van der Waals surface area contributed by atoms with Gasteiger partial charge in [0.1, 0.15) is 5.75 Å². The first-order valence-electron chi connectivity index (χ1n) is 4.89. The smallest absolute Gasteiger partial charge is 0.124 e. The molecule has 0 aliphatic carbocycles. The molecule has 0 aliphatic heterocycles. The average Bonchev–Trinajstić information content (AvgIpc) is 2.17. The van der Waals surface area contributed by atoms with E-state index in [0.29, 0.717) is 6.61 Å². The molecule has 0 spiro atoms. The van der Waals surface area contributed by atoms with Crippen molar-refractivity contribution in [2.75, 3.05) is 13.2 Å². The van der Waals surface area contributed by atoms with Gasteiger partial charge in [-0.15, -0.1) is 0 Å². The largest absolute Gasteiger partial charge is 0.494 e. The van der Waals surface area contributed by atoms with Crippen LogP contribution in [0.2, 0.25) is 0 Å². The Morgan fingerprint density at radius 2 is 2.14 bits per heavy atom. The second kappa shape index (κ2) is 6.04. The summed E-state index contributed by atoms with van der Waals surface area (Å²) in [6.07, 6.45) is 0. The van der Waals surface area contributed by atoms with Crippen LogP contribution in [0.1, 0.15) is 19.4 Å². The van der Waals surface area contributed by atoms with E-state index in [9.17, 15) is 0 Å². The van der Waals surface area contributed by atoms with Crippen LogP contribution >= 0.6 is 15.9 Å². The zero-order valence-corrected chi connectivity index (χ0v) is 10.2. The van der Waals surface area contributed by atoms with Crippen LogP contribution in [0.3, 0.4) is 0 Å². The number of rotatable bonds is 5. The third-order valence-electron chi connectivity index (χ3n) is 1.89. The molecule has 0 amide bonds. The highest BCUT2D eigenvalue weighted by atomic mass is 79.9. The molecule has 78 valence electrons. The Labute approximate surface area is 93.8 Å². The quantitative estimate of drug-likeness (QED) is 0.876. The predicted octanol–water partition coefficient (Wildman–Crippen LogP) is 2.96. The van der Waals surface area contributed by atoms with E-state index in [2.05, 4.69) is 34.2 Å². The van der Waals surface area contributed by atoms with Gasteiger partial charge in [-0.3, -0.25) is 0 Å². The lowest BCUT2D eigenvalue weighted by Gasteiger charge is -2.10. The summed E-state index contributed by atoms with van der Waals surface area (Å²) in [5.41, 5.74) is 1.21. The third kappa shape index (κ3) is 3.31. The van der Waals surface area contributed by atoms with Gasteiger partial charge in [0.25, 0.3) is 0 Å². The Bertz CT molecular complexity index is 289. The summed E-state index contributed by atoms with van der Waals surface area (Å²) >= 11 is 3.43. The number of halogens is 1. The summed E-state index contributed by atoms with van der Waals surface area (Å²) in [6.45, 7) is 6.63. The van der Waals surface area contributed by atoms with Gasteiger partial charge in [0.2, 0.25) is 0 Å². The van der Waals surface area contributed by atoms with Gasteiger partial charge in [0, 0.05) is 16.6 Å². The van der Waals surface area contributed by atoms with E-state index in [1.165, 1.54) is 5.56 Å². The number of nitrogens with one attached hydrogen (secondary N) is 1. The summed E-state index contributed by atoms with van der Waals surface area (Å²) in [5, 5.41) is 3.29. The van der Waals surface area contributed by atoms with Crippen LogP contribution < -0.4 is 10.1 Å². The molecular formula is C11H16BrNO. The van der Waals surface area contributed by atoms with E-state index in [0.717, 1.165) is 23.3 Å². The van der Waals surface area contributed by atoms with Crippen molar-refractivity contribution in [3.63, 3.8) is 0 Å². The highest BCUT2D eigenvalue weighted by molar-refractivity contribution is 9.10. The second-order valence-electron chi connectivity index (χ2n) is 2.97. The van der Waals surface area contributed by atoms with Crippen LogP contribution in [0.4, 0.5) is 0 Å². The van der Waals surface area contributed by atoms with Crippen LogP contribution in [0.15, 0.2) is 22.7 Å². The minimum Gasteiger partial charge on any atom is -0.494 e. The third-order valence-corrected chi connectivity index (χ3v) is 2.39. The molecule has 0 saturated heterocycles. The Morgan fingerprint density at radius 3 is 2.79 bits per heavy atom. The van der Waals surface area contributed by atoms with Gasteiger partial charge in [-0.2, -0.15) is 0 Å². The minimum absolute atomic E-state index is 0.704. The Hall–Kier alpha value is -0.540. The van der Waals surface area contributed by atoms with Crippen LogP contribution in [0.25, 0.3) is 0 Å². The molecule has 0 aromatic heterocycles. The van der Waals surface area contributed by atoms with Crippen LogP contribution in [0.5, 0.6) is 5.75 Å². The van der Waals surface area contributed by atoms with Crippen LogP contribution in [-0.2, 0) is 6.54 Å². The molecule has 0 heterocycles. The molecule has 14 heavy (non-hydrogen) atoms. The molecule has 0 fully saturated rings. The van der Waals surface area contributed by atoms with Crippen molar-refractivity contribution >= 4 is 15.9 Å². The molecular weight excluding hydrogens is 242 g/mol. The second-order valence-corrected chi connectivity index (χ2v) is 3.88. The van der Waals surface area contributed by atoms with Gasteiger partial charge in [-0.1, -0.05) is 28.9 Å². The monoisotopic (exact) mass is 257 g/mol. The lowest BCUT2D eigenvalue weighted by atomic mass is 10.2. The summed E-state index contributed by atoms with van der Waals surface area (Å²) in [7, 11) is 0. The average molecular weight is 258 g/mol. The van der Waals surface area contributed by atoms with Crippen LogP contribution in [0, 0.1) is 0 Å². The fourth-order valence-electron chi connectivity index (χ4n) is 1.22. The zero-order valence-electron chi connectivity index (χ0n) is 8.64. The zero-order chi connectivity index (χ0) is 10.4. The molecule has 1 aromatic rings. The van der Waals surface area contributed by atoms with Gasteiger partial charge in [-0.25, -0.2) is 0 Å². The first-order chi connectivity index (χ1) is 6.77. The maximum atomic E-state index is 5.54. The normalized spacial score (nSPS) is 10.2. The van der Waals surface area contributed by atoms with Crippen molar-refractivity contribution in [1.82, 2.24) is 5.32 Å². The van der Waals surface area contributed by atoms with Crippen LogP contribution in [-0.4, -0.2) is 13.2 Å². The molecule has 0 aliphatic rings. The number of benzene rings is 1. The van der Waals surface area contributed by atoms with E-state index in [1.54, 1.807) is 0 Å². The molecule has 2 nitrogen and oxygen atoms in total. The highest BCUT2D eigenvalue weighted by Crippen LogP contribution is 2.23. The lowest BCUT2D eigenvalue weighted by molar-refractivity contribution is 0.335. The van der Waals surface area contributed by atoms with E-state index in [1.807, 2.05) is 19.1 Å². The van der Waals surface area contributed by atoms with Crippen molar-refractivity contribution < 1.29 is 4.74 Å². The number of hydrogen-bond acceptors (Lipinski definition) is 2. The molecule has 0 saturated carbocycles. The number of hydrogen-bond donors (Lipinski definition) is 1. The summed E-state index contributed by atoms with van der Waals surface area (Å²) in [5.74, 6) is 0.961. The molecule has 0 bridgehead atoms. The van der Waals surface area contributed by atoms with Crippen molar-refractivity contribution in [3.8, 4) is 5.75 Å². The molecule has 1 aromatic carbocycles. The van der Waals surface area contributed by atoms with Gasteiger partial charge >= 0.3 is 0 Å². The predicted molar refractivity (Wildman–Crippen MR) is 62.7 cm³/mol. The van der Waals surface area contributed by atoms with Crippen molar-refractivity contribution in [1.29, 1.82) is 0 Å². The first kappa shape index (κ1) is 11.5. The maximum absolute atomic E-state index is 5.54. The maximum Gasteiger partial charge on any atom is 0.124 e. The minimum atomic E-state index is 0.704. The molecule has 3 heteroatoms. The molecule has 0 radical (unpaired) electrons. The van der Waals surface area contributed by atoms with Crippen molar-refractivity contribution in [2.24, 2.45) is 0 Å². The van der Waals surface area contributed by atoms with Gasteiger partial charge in [0.05, 0.1) is 6.61 Å². The fourth-order valence-corrected chi connectivity index (χ4v) is 1.56. The van der Waals surface area contributed by atoms with Gasteiger partial charge in [-0.05, 0) is 25.6 Å². The lowest BCUT2D eigenvalue weighted by Crippen LogP contribution is -2.12. The molecule has 0 unspecified atom stereocenters. The Morgan fingerprint density at radius 1 is 1.36 bits per heavy atom. The van der Waals surface area contributed by atoms with E-state index in [-0.39, 0.29) is 0 Å². The van der Waals surface area contributed by atoms with Gasteiger partial charge in [0.15, 0.2) is 0 Å². The summed E-state index contributed by atoms with van der Waals surface area (Å²) in [6, 6.07) is 6.13. The van der Waals surface area contributed by atoms with E-state index in [4.69, 9.17) is 4.74 Å². The van der Waals surface area contributed by atoms with Crippen molar-refractivity contribution in [2.45, 2.75) is 20.4 Å². The standard InChI is InChI=1S/C11H16BrNO/c1-3-13-8-9-5-6-10(12)7-11(9)14-4-2/h5-7,13H,3-4,8H2,1-2H3. The molecule has 1 rings (SSSR count).